The third kappa shape index (κ3) is 2.07. The number of ether oxygens (including phenoxy) is 2. The van der Waals surface area contributed by atoms with E-state index in [1.807, 2.05) is 0 Å². The van der Waals surface area contributed by atoms with Crippen molar-refractivity contribution in [3.8, 4) is 0 Å². The first-order chi connectivity index (χ1) is 8.85. The number of hydrogen-bond acceptors (Lipinski definition) is 3. The summed E-state index contributed by atoms with van der Waals surface area (Å²) in [6.07, 6.45) is 0. The van der Waals surface area contributed by atoms with Gasteiger partial charge < -0.3 is 9.47 Å². The van der Waals surface area contributed by atoms with Crippen LogP contribution in [0.4, 0.5) is 17.6 Å². The van der Waals surface area contributed by atoms with Crippen LogP contribution in [-0.2, 0) is 19.9 Å². The number of rotatable bonds is 4. The largest absolute Gasteiger partial charge is 0.461 e. The van der Waals surface area contributed by atoms with E-state index in [2.05, 4.69) is 9.47 Å². The average molecular weight is 278 g/mol. The highest BCUT2D eigenvalue weighted by molar-refractivity contribution is 5.80. The molecule has 1 unspecified atom stereocenters. The van der Waals surface area contributed by atoms with E-state index < -0.39 is 41.3 Å². The Bertz CT molecular complexity index is 512. The van der Waals surface area contributed by atoms with Crippen LogP contribution in [0.25, 0.3) is 0 Å². The van der Waals surface area contributed by atoms with Crippen LogP contribution in [0.5, 0.6) is 0 Å². The van der Waals surface area contributed by atoms with Crippen LogP contribution in [0.15, 0.2) is 18.2 Å². The van der Waals surface area contributed by atoms with E-state index in [9.17, 15) is 22.4 Å². The van der Waals surface area contributed by atoms with Crippen LogP contribution < -0.4 is 0 Å². The Morgan fingerprint density at radius 3 is 2.58 bits per heavy atom. The highest BCUT2D eigenvalue weighted by Crippen LogP contribution is 2.52. The van der Waals surface area contributed by atoms with Crippen LogP contribution in [0.3, 0.4) is 0 Å². The van der Waals surface area contributed by atoms with Crippen LogP contribution in [-0.4, -0.2) is 25.1 Å². The molecule has 1 aliphatic heterocycles. The molecule has 19 heavy (non-hydrogen) atoms. The predicted octanol–water partition coefficient (Wildman–Crippen LogP) is 2.39. The Balaban J connectivity index is 2.40. The zero-order chi connectivity index (χ0) is 14.3. The van der Waals surface area contributed by atoms with E-state index in [4.69, 9.17) is 0 Å². The highest BCUT2D eigenvalue weighted by Gasteiger charge is 2.71. The fourth-order valence-electron chi connectivity index (χ4n) is 1.78. The first kappa shape index (κ1) is 13.8. The van der Waals surface area contributed by atoms with Gasteiger partial charge in [0.2, 0.25) is 0 Å². The molecule has 0 radical (unpaired) electrons. The Kier molecular flexibility index (Phi) is 3.25. The van der Waals surface area contributed by atoms with E-state index in [0.717, 1.165) is 12.1 Å². The van der Waals surface area contributed by atoms with Gasteiger partial charge in [0.25, 0.3) is 0 Å². The molecule has 0 bridgehead atoms. The van der Waals surface area contributed by atoms with E-state index >= 15 is 0 Å². The van der Waals surface area contributed by atoms with Crippen LogP contribution in [0, 0.1) is 11.6 Å². The van der Waals surface area contributed by atoms with Crippen molar-refractivity contribution in [3.63, 3.8) is 0 Å². The molecule has 0 spiro atoms. The molecular formula is C12H10F4O3. The van der Waals surface area contributed by atoms with Crippen molar-refractivity contribution in [1.29, 1.82) is 0 Å². The Morgan fingerprint density at radius 1 is 1.47 bits per heavy atom. The minimum absolute atomic E-state index is 0.240. The molecule has 1 heterocycles. The second kappa shape index (κ2) is 4.48. The molecule has 3 nitrogen and oxygen atoms in total. The summed E-state index contributed by atoms with van der Waals surface area (Å²) in [5.74, 6) is -7.93. The minimum atomic E-state index is -4.04. The maximum atomic E-state index is 14.0. The van der Waals surface area contributed by atoms with Crippen molar-refractivity contribution >= 4 is 5.97 Å². The molecule has 0 aliphatic carbocycles. The maximum absolute atomic E-state index is 14.0. The molecule has 0 saturated carbocycles. The van der Waals surface area contributed by atoms with Crippen molar-refractivity contribution in [2.24, 2.45) is 0 Å². The van der Waals surface area contributed by atoms with Gasteiger partial charge in [0.15, 0.2) is 5.60 Å². The van der Waals surface area contributed by atoms with Crippen LogP contribution in [0.1, 0.15) is 12.5 Å². The monoisotopic (exact) mass is 278 g/mol. The quantitative estimate of drug-likeness (QED) is 0.482. The van der Waals surface area contributed by atoms with E-state index in [-0.39, 0.29) is 6.61 Å². The van der Waals surface area contributed by atoms with Crippen LogP contribution in [0.2, 0.25) is 0 Å². The standard InChI is InChI=1S/C12H10F4O3/c1-2-18-10(17)12(15,16)11(6-19-11)8-4-3-7(13)5-9(8)14/h3-5H,2,6H2,1H3. The van der Waals surface area contributed by atoms with E-state index in [0.29, 0.717) is 6.07 Å². The Morgan fingerprint density at radius 2 is 2.11 bits per heavy atom. The summed E-state index contributed by atoms with van der Waals surface area (Å²) in [5, 5.41) is 0. The molecule has 0 amide bonds. The Labute approximate surface area is 106 Å². The highest BCUT2D eigenvalue weighted by atomic mass is 19.3. The summed E-state index contributed by atoms with van der Waals surface area (Å²) in [4.78, 5) is 11.3. The zero-order valence-electron chi connectivity index (χ0n) is 9.88. The lowest BCUT2D eigenvalue weighted by Crippen LogP contribution is -2.44. The van der Waals surface area contributed by atoms with Crippen molar-refractivity contribution in [2.75, 3.05) is 13.2 Å². The van der Waals surface area contributed by atoms with Gasteiger partial charge in [-0.1, -0.05) is 0 Å². The first-order valence-electron chi connectivity index (χ1n) is 5.49. The summed E-state index contributed by atoms with van der Waals surface area (Å²) in [5.41, 5.74) is -2.97. The number of carbonyl (C=O) groups excluding carboxylic acids is 1. The molecule has 1 saturated heterocycles. The van der Waals surface area contributed by atoms with E-state index in [1.54, 1.807) is 0 Å². The number of carbonyl (C=O) groups is 1. The topological polar surface area (TPSA) is 38.8 Å². The van der Waals surface area contributed by atoms with Crippen molar-refractivity contribution in [2.45, 2.75) is 18.4 Å². The minimum Gasteiger partial charge on any atom is -0.461 e. The van der Waals surface area contributed by atoms with Gasteiger partial charge in [0.1, 0.15) is 11.6 Å². The Hall–Kier alpha value is -1.63. The summed E-state index contributed by atoms with van der Waals surface area (Å²) in [6.45, 7) is 0.588. The molecule has 1 fully saturated rings. The molecule has 1 aliphatic rings. The molecule has 1 aromatic carbocycles. The predicted molar refractivity (Wildman–Crippen MR) is 55.6 cm³/mol. The summed E-state index contributed by atoms with van der Waals surface area (Å²) >= 11 is 0. The second-order valence-electron chi connectivity index (χ2n) is 4.03. The van der Waals surface area contributed by atoms with Crippen molar-refractivity contribution in [1.82, 2.24) is 0 Å². The summed E-state index contributed by atoms with van der Waals surface area (Å²) in [7, 11) is 0. The lowest BCUT2D eigenvalue weighted by Gasteiger charge is -2.22. The number of benzene rings is 1. The fraction of sp³-hybridized carbons (Fsp3) is 0.417. The third-order valence-corrected chi connectivity index (χ3v) is 2.84. The molecule has 2 rings (SSSR count). The first-order valence-corrected chi connectivity index (χ1v) is 5.49. The molecule has 1 aromatic rings. The SMILES string of the molecule is CCOC(=O)C(F)(F)C1(c2ccc(F)cc2F)CO1. The average Bonchev–Trinajstić information content (AvgIpc) is 3.10. The molecule has 0 aromatic heterocycles. The fourth-order valence-corrected chi connectivity index (χ4v) is 1.78. The summed E-state index contributed by atoms with van der Waals surface area (Å²) < 4.78 is 63.1. The third-order valence-electron chi connectivity index (χ3n) is 2.84. The van der Waals surface area contributed by atoms with Gasteiger partial charge in [-0.2, -0.15) is 8.78 Å². The normalized spacial score (nSPS) is 22.2. The molecule has 7 heteroatoms. The molecule has 0 N–H and O–H groups in total. The van der Waals surface area contributed by atoms with Gasteiger partial charge in [-0.05, 0) is 19.1 Å². The molecular weight excluding hydrogens is 268 g/mol. The number of esters is 1. The molecule has 104 valence electrons. The van der Waals surface area contributed by atoms with Gasteiger partial charge in [-0.15, -0.1) is 0 Å². The number of halogens is 4. The van der Waals surface area contributed by atoms with Gasteiger partial charge in [0.05, 0.1) is 13.2 Å². The maximum Gasteiger partial charge on any atom is 0.380 e. The second-order valence-corrected chi connectivity index (χ2v) is 4.03. The summed E-state index contributed by atoms with van der Waals surface area (Å²) in [6, 6.07) is 2.12. The van der Waals surface area contributed by atoms with Crippen molar-refractivity contribution in [3.05, 3.63) is 35.4 Å². The lowest BCUT2D eigenvalue weighted by molar-refractivity contribution is -0.183. The number of epoxide rings is 1. The zero-order valence-corrected chi connectivity index (χ0v) is 9.88. The number of alkyl halides is 2. The number of hydrogen-bond donors (Lipinski definition) is 0. The molecule has 1 atom stereocenters. The smallest absolute Gasteiger partial charge is 0.380 e. The van der Waals surface area contributed by atoms with Crippen molar-refractivity contribution < 1.29 is 31.8 Å². The van der Waals surface area contributed by atoms with Gasteiger partial charge in [-0.25, -0.2) is 13.6 Å². The van der Waals surface area contributed by atoms with Gasteiger partial charge in [0, 0.05) is 11.6 Å². The van der Waals surface area contributed by atoms with Gasteiger partial charge in [-0.3, -0.25) is 0 Å². The van der Waals surface area contributed by atoms with E-state index in [1.165, 1.54) is 6.92 Å². The lowest BCUT2D eigenvalue weighted by atomic mass is 9.92. The van der Waals surface area contributed by atoms with Gasteiger partial charge >= 0.3 is 11.9 Å². The van der Waals surface area contributed by atoms with Crippen LogP contribution >= 0.6 is 0 Å².